The molecule has 0 aromatic heterocycles. The fourth-order valence-electron chi connectivity index (χ4n) is 9.78. The summed E-state index contributed by atoms with van der Waals surface area (Å²) in [7, 11) is 0. The molecule has 5 fully saturated rings. The van der Waals surface area contributed by atoms with Crippen molar-refractivity contribution in [3.8, 4) is 0 Å². The van der Waals surface area contributed by atoms with Crippen molar-refractivity contribution in [1.82, 2.24) is 0 Å². The Morgan fingerprint density at radius 3 is 2.48 bits per heavy atom. The molecule has 1 saturated heterocycles. The van der Waals surface area contributed by atoms with E-state index >= 15 is 0 Å². The maximum atomic E-state index is 11.6. The third-order valence-corrected chi connectivity index (χ3v) is 11.7. The van der Waals surface area contributed by atoms with Gasteiger partial charge in [0.15, 0.2) is 5.79 Å². The molecular weight excluding hydrogens is 388 g/mol. The van der Waals surface area contributed by atoms with Crippen molar-refractivity contribution >= 4 is 0 Å². The number of aliphatic hydroxyl groups excluding tert-OH is 1. The largest absolute Gasteiger partial charge is 0.396 e. The number of aliphatic hydroxyl groups is 3. The predicted octanol–water partition coefficient (Wildman–Crippen LogP) is 4.89. The minimum atomic E-state index is -1.04. The lowest BCUT2D eigenvalue weighted by Crippen LogP contribution is -2.61. The van der Waals surface area contributed by atoms with E-state index in [0.717, 1.165) is 25.7 Å². The summed E-state index contributed by atoms with van der Waals surface area (Å²) in [6.07, 6.45) is 11.9. The van der Waals surface area contributed by atoms with Crippen LogP contribution in [0.1, 0.15) is 98.3 Å². The Balaban J connectivity index is 1.37. The van der Waals surface area contributed by atoms with Crippen LogP contribution in [-0.2, 0) is 4.74 Å². The minimum absolute atomic E-state index is 0.0842. The van der Waals surface area contributed by atoms with E-state index in [9.17, 15) is 15.3 Å². The Morgan fingerprint density at radius 1 is 1.00 bits per heavy atom. The quantitative estimate of drug-likeness (QED) is 0.589. The minimum Gasteiger partial charge on any atom is -0.396 e. The lowest BCUT2D eigenvalue weighted by Gasteiger charge is -2.63. The first-order valence-corrected chi connectivity index (χ1v) is 13.3. The van der Waals surface area contributed by atoms with Crippen LogP contribution in [0.15, 0.2) is 0 Å². The highest BCUT2D eigenvalue weighted by Crippen LogP contribution is 2.71. The molecule has 4 nitrogen and oxygen atoms in total. The molecule has 4 heteroatoms. The average molecular weight is 435 g/mol. The second-order valence-electron chi connectivity index (χ2n) is 13.0. The summed E-state index contributed by atoms with van der Waals surface area (Å²) in [6, 6.07) is 0. The normalized spacial score (nSPS) is 57.0. The number of hydrogen-bond donors (Lipinski definition) is 3. The molecular formula is C27H46O4. The van der Waals surface area contributed by atoms with Crippen LogP contribution in [0.4, 0.5) is 0 Å². The first kappa shape index (κ1) is 22.6. The zero-order valence-electron chi connectivity index (χ0n) is 20.3. The Kier molecular flexibility index (Phi) is 5.41. The van der Waals surface area contributed by atoms with Gasteiger partial charge in [-0.3, -0.25) is 0 Å². The van der Waals surface area contributed by atoms with E-state index in [1.165, 1.54) is 38.5 Å². The fraction of sp³-hybridized carbons (Fsp3) is 1.00. The second-order valence-corrected chi connectivity index (χ2v) is 13.0. The molecule has 3 unspecified atom stereocenters. The van der Waals surface area contributed by atoms with Crippen LogP contribution in [0.2, 0.25) is 0 Å². The highest BCUT2D eigenvalue weighted by Gasteiger charge is 2.69. The van der Waals surface area contributed by atoms with Crippen molar-refractivity contribution in [3.63, 3.8) is 0 Å². The molecule has 178 valence electrons. The molecule has 0 amide bonds. The molecule has 5 aliphatic rings. The lowest BCUT2D eigenvalue weighted by atomic mass is 9.43. The molecule has 31 heavy (non-hydrogen) atoms. The van der Waals surface area contributed by atoms with Crippen LogP contribution in [0.3, 0.4) is 0 Å². The van der Waals surface area contributed by atoms with Gasteiger partial charge in [0.25, 0.3) is 0 Å². The van der Waals surface area contributed by atoms with E-state index in [4.69, 9.17) is 4.74 Å². The molecule has 3 N–H and O–H groups in total. The fourth-order valence-corrected chi connectivity index (χ4v) is 9.78. The third-order valence-electron chi connectivity index (χ3n) is 11.7. The maximum absolute atomic E-state index is 11.6. The van der Waals surface area contributed by atoms with Gasteiger partial charge in [-0.25, -0.2) is 0 Å². The molecule has 0 spiro atoms. The van der Waals surface area contributed by atoms with Crippen LogP contribution >= 0.6 is 0 Å². The van der Waals surface area contributed by atoms with Gasteiger partial charge in [0.1, 0.15) is 0 Å². The number of hydrogen-bond acceptors (Lipinski definition) is 4. The summed E-state index contributed by atoms with van der Waals surface area (Å²) in [5, 5.41) is 32.5. The molecule has 0 aromatic rings. The summed E-state index contributed by atoms with van der Waals surface area (Å²) in [5.41, 5.74) is -0.123. The number of rotatable bonds is 4. The molecule has 1 heterocycles. The molecule has 1 aliphatic heterocycles. The molecule has 4 saturated carbocycles. The van der Waals surface area contributed by atoms with Gasteiger partial charge >= 0.3 is 0 Å². The molecule has 0 radical (unpaired) electrons. The standard InChI is InChI=1S/C27H46O4/c1-17(16-28)7-14-27(30)18(2)23-22(31-27)15-21-19-8-13-26(29)11-6-5-10-25(26,4)20(19)9-12-24(21,23)3/h17-23,28-30H,5-16H2,1-4H3/t17?,18-,19+,20-,21-,22-,23-,24-,25+,26?,27?/m0/s1. The zero-order chi connectivity index (χ0) is 22.2. The van der Waals surface area contributed by atoms with Gasteiger partial charge in [0.05, 0.1) is 11.7 Å². The average Bonchev–Trinajstić information content (AvgIpc) is 3.16. The van der Waals surface area contributed by atoms with Crippen LogP contribution in [0, 0.1) is 46.3 Å². The Morgan fingerprint density at radius 2 is 1.74 bits per heavy atom. The third kappa shape index (κ3) is 3.07. The van der Waals surface area contributed by atoms with Crippen LogP contribution in [0.5, 0.6) is 0 Å². The molecule has 5 rings (SSSR count). The Bertz CT molecular complexity index is 697. The van der Waals surface area contributed by atoms with Gasteiger partial charge in [-0.1, -0.05) is 40.5 Å². The number of ether oxygens (including phenoxy) is 1. The summed E-state index contributed by atoms with van der Waals surface area (Å²) in [6.45, 7) is 9.35. The number of fused-ring (bicyclic) bond motifs is 7. The first-order valence-electron chi connectivity index (χ1n) is 13.3. The molecule has 0 aromatic carbocycles. The highest BCUT2D eigenvalue weighted by atomic mass is 16.6. The summed E-state index contributed by atoms with van der Waals surface area (Å²) in [5.74, 6) is 1.73. The van der Waals surface area contributed by atoms with Crippen molar-refractivity contribution < 1.29 is 20.1 Å². The van der Waals surface area contributed by atoms with Gasteiger partial charge in [0.2, 0.25) is 0 Å². The van der Waals surface area contributed by atoms with E-state index in [0.29, 0.717) is 30.1 Å². The van der Waals surface area contributed by atoms with E-state index < -0.39 is 11.4 Å². The Hall–Kier alpha value is -0.160. The smallest absolute Gasteiger partial charge is 0.168 e. The summed E-state index contributed by atoms with van der Waals surface area (Å²) in [4.78, 5) is 0. The maximum Gasteiger partial charge on any atom is 0.168 e. The zero-order valence-corrected chi connectivity index (χ0v) is 20.3. The molecule has 4 aliphatic carbocycles. The van der Waals surface area contributed by atoms with E-state index in [1.54, 1.807) is 0 Å². The topological polar surface area (TPSA) is 69.9 Å². The summed E-state index contributed by atoms with van der Waals surface area (Å²) < 4.78 is 6.49. The van der Waals surface area contributed by atoms with Gasteiger partial charge < -0.3 is 20.1 Å². The van der Waals surface area contributed by atoms with Crippen molar-refractivity contribution in [2.75, 3.05) is 6.61 Å². The SMILES string of the molecule is CC(CO)CCC1(O)O[C@H]2C[C@H]3[C@@H]4CCC5(O)CCCC[C@]5(C)[C@H]4CC[C@]3(C)[C@H]2[C@@H]1C. The first-order chi connectivity index (χ1) is 14.6. The van der Waals surface area contributed by atoms with Gasteiger partial charge in [0, 0.05) is 18.9 Å². The molecule has 0 bridgehead atoms. The van der Waals surface area contributed by atoms with Crippen LogP contribution < -0.4 is 0 Å². The monoisotopic (exact) mass is 434 g/mol. The Labute approximate surface area is 189 Å². The highest BCUT2D eigenvalue weighted by molar-refractivity contribution is 5.17. The van der Waals surface area contributed by atoms with Crippen LogP contribution in [-0.4, -0.2) is 39.4 Å². The summed E-state index contributed by atoms with van der Waals surface area (Å²) >= 11 is 0. The van der Waals surface area contributed by atoms with E-state index in [2.05, 4.69) is 20.8 Å². The molecule has 11 atom stereocenters. The predicted molar refractivity (Wildman–Crippen MR) is 121 cm³/mol. The van der Waals surface area contributed by atoms with E-state index in [-0.39, 0.29) is 35.4 Å². The van der Waals surface area contributed by atoms with Crippen molar-refractivity contribution in [2.45, 2.75) is 116 Å². The van der Waals surface area contributed by atoms with Gasteiger partial charge in [-0.2, -0.15) is 0 Å². The van der Waals surface area contributed by atoms with Gasteiger partial charge in [-0.05, 0) is 91.8 Å². The van der Waals surface area contributed by atoms with E-state index in [1.807, 2.05) is 6.92 Å². The van der Waals surface area contributed by atoms with Crippen molar-refractivity contribution in [2.24, 2.45) is 46.3 Å². The lowest BCUT2D eigenvalue weighted by molar-refractivity contribution is -0.228. The second kappa shape index (κ2) is 7.42. The van der Waals surface area contributed by atoms with Crippen molar-refractivity contribution in [1.29, 1.82) is 0 Å². The van der Waals surface area contributed by atoms with Gasteiger partial charge in [-0.15, -0.1) is 0 Å². The van der Waals surface area contributed by atoms with Crippen molar-refractivity contribution in [3.05, 3.63) is 0 Å². The van der Waals surface area contributed by atoms with Crippen LogP contribution in [0.25, 0.3) is 0 Å².